The highest BCUT2D eigenvalue weighted by molar-refractivity contribution is 7.09. The summed E-state index contributed by atoms with van der Waals surface area (Å²) in [7, 11) is 0. The van der Waals surface area contributed by atoms with Gasteiger partial charge in [0.05, 0.1) is 0 Å². The standard InChI is InChI=1S/C15H13ClN6O2S/c1-2-17-12(23)8-22-13(24)4-3-10(20-22)15-19-14(21-25-15)11-7-9(16)5-6-18-11/h3-7H,2,8H2,1H3,(H,17,23). The van der Waals surface area contributed by atoms with Crippen molar-refractivity contribution in [2.45, 2.75) is 13.5 Å². The summed E-state index contributed by atoms with van der Waals surface area (Å²) >= 11 is 7.07. The molecule has 1 amide bonds. The van der Waals surface area contributed by atoms with Crippen molar-refractivity contribution in [2.75, 3.05) is 6.54 Å². The van der Waals surface area contributed by atoms with Crippen molar-refractivity contribution in [3.63, 3.8) is 0 Å². The second kappa shape index (κ2) is 7.49. The van der Waals surface area contributed by atoms with E-state index in [4.69, 9.17) is 11.6 Å². The molecule has 3 aromatic heterocycles. The van der Waals surface area contributed by atoms with Crippen molar-refractivity contribution in [3.05, 3.63) is 45.8 Å². The van der Waals surface area contributed by atoms with Crippen LogP contribution in [0, 0.1) is 0 Å². The monoisotopic (exact) mass is 376 g/mol. The molecule has 0 spiro atoms. The van der Waals surface area contributed by atoms with Gasteiger partial charge in [-0.2, -0.15) is 9.47 Å². The molecule has 0 aliphatic heterocycles. The molecule has 3 heterocycles. The number of carbonyl (C=O) groups excluding carboxylic acids is 1. The first-order chi connectivity index (χ1) is 12.1. The number of hydrogen-bond donors (Lipinski definition) is 1. The predicted molar refractivity (Wildman–Crippen MR) is 94.3 cm³/mol. The van der Waals surface area contributed by atoms with Crippen LogP contribution in [0.1, 0.15) is 6.92 Å². The number of aromatic nitrogens is 5. The van der Waals surface area contributed by atoms with Crippen LogP contribution in [0.25, 0.3) is 22.2 Å². The molecule has 0 fully saturated rings. The SMILES string of the molecule is CCNC(=O)Cn1nc(-c2nc(-c3cc(Cl)ccn3)ns2)ccc1=O. The number of nitrogens with zero attached hydrogens (tertiary/aromatic N) is 5. The molecule has 25 heavy (non-hydrogen) atoms. The van der Waals surface area contributed by atoms with Crippen LogP contribution in [0.3, 0.4) is 0 Å². The van der Waals surface area contributed by atoms with E-state index in [-0.39, 0.29) is 18.0 Å². The van der Waals surface area contributed by atoms with Gasteiger partial charge in [-0.3, -0.25) is 14.6 Å². The molecular formula is C15H13ClN6O2S. The van der Waals surface area contributed by atoms with Crippen molar-refractivity contribution in [2.24, 2.45) is 0 Å². The first kappa shape index (κ1) is 17.2. The summed E-state index contributed by atoms with van der Waals surface area (Å²) in [6.45, 7) is 2.14. The maximum absolute atomic E-state index is 11.9. The highest BCUT2D eigenvalue weighted by atomic mass is 35.5. The Morgan fingerprint density at radius 3 is 2.92 bits per heavy atom. The Morgan fingerprint density at radius 2 is 2.16 bits per heavy atom. The van der Waals surface area contributed by atoms with Gasteiger partial charge in [-0.25, -0.2) is 9.67 Å². The molecule has 0 saturated heterocycles. The molecule has 1 N–H and O–H groups in total. The van der Waals surface area contributed by atoms with Crippen LogP contribution in [0.5, 0.6) is 0 Å². The van der Waals surface area contributed by atoms with Crippen LogP contribution < -0.4 is 10.9 Å². The van der Waals surface area contributed by atoms with Crippen LogP contribution in [0.2, 0.25) is 5.02 Å². The lowest BCUT2D eigenvalue weighted by Crippen LogP contribution is -2.33. The second-order valence-electron chi connectivity index (χ2n) is 4.95. The van der Waals surface area contributed by atoms with Gasteiger partial charge in [0, 0.05) is 23.8 Å². The molecule has 3 rings (SSSR count). The average molecular weight is 377 g/mol. The van der Waals surface area contributed by atoms with Gasteiger partial charge in [0.25, 0.3) is 5.56 Å². The van der Waals surface area contributed by atoms with Gasteiger partial charge in [0.1, 0.15) is 17.9 Å². The average Bonchev–Trinajstić information content (AvgIpc) is 3.07. The fourth-order valence-corrected chi connectivity index (χ4v) is 2.82. The minimum Gasteiger partial charge on any atom is -0.355 e. The van der Waals surface area contributed by atoms with Crippen molar-refractivity contribution in [1.82, 2.24) is 29.4 Å². The third-order valence-electron chi connectivity index (χ3n) is 3.13. The molecule has 10 heteroatoms. The predicted octanol–water partition coefficient (Wildman–Crippen LogP) is 1.61. The Hall–Kier alpha value is -2.65. The van der Waals surface area contributed by atoms with Crippen LogP contribution >= 0.6 is 23.1 Å². The molecule has 128 valence electrons. The summed E-state index contributed by atoms with van der Waals surface area (Å²) in [5.41, 5.74) is 0.636. The Balaban J connectivity index is 1.90. The Labute approximate surface area is 151 Å². The molecule has 0 aliphatic carbocycles. The first-order valence-electron chi connectivity index (χ1n) is 7.37. The van der Waals surface area contributed by atoms with Gasteiger partial charge < -0.3 is 5.32 Å². The van der Waals surface area contributed by atoms with E-state index in [9.17, 15) is 9.59 Å². The number of carbonyl (C=O) groups is 1. The fourth-order valence-electron chi connectivity index (χ4n) is 2.02. The van der Waals surface area contributed by atoms with Gasteiger partial charge >= 0.3 is 0 Å². The summed E-state index contributed by atoms with van der Waals surface area (Å²) < 4.78 is 5.35. The van der Waals surface area contributed by atoms with E-state index in [0.717, 1.165) is 16.2 Å². The number of hydrogen-bond acceptors (Lipinski definition) is 7. The molecule has 0 aliphatic rings. The number of amides is 1. The van der Waals surface area contributed by atoms with Crippen molar-refractivity contribution in [1.29, 1.82) is 0 Å². The van der Waals surface area contributed by atoms with Crippen LogP contribution in [-0.2, 0) is 11.3 Å². The molecule has 0 saturated carbocycles. The Bertz CT molecular complexity index is 970. The Kier molecular flexibility index (Phi) is 5.15. The van der Waals surface area contributed by atoms with Gasteiger partial charge in [-0.15, -0.1) is 0 Å². The maximum Gasteiger partial charge on any atom is 0.267 e. The van der Waals surface area contributed by atoms with Gasteiger partial charge in [-0.05, 0) is 36.7 Å². The highest BCUT2D eigenvalue weighted by Crippen LogP contribution is 2.24. The molecule has 0 radical (unpaired) electrons. The topological polar surface area (TPSA) is 103 Å². The first-order valence-corrected chi connectivity index (χ1v) is 8.53. The molecule has 0 bridgehead atoms. The number of halogens is 1. The van der Waals surface area contributed by atoms with E-state index < -0.39 is 0 Å². The third kappa shape index (κ3) is 4.06. The second-order valence-corrected chi connectivity index (χ2v) is 6.14. The summed E-state index contributed by atoms with van der Waals surface area (Å²) in [5.74, 6) is 0.140. The quantitative estimate of drug-likeness (QED) is 0.725. The summed E-state index contributed by atoms with van der Waals surface area (Å²) in [5, 5.41) is 7.87. The maximum atomic E-state index is 11.9. The molecule has 0 unspecified atom stereocenters. The zero-order valence-electron chi connectivity index (χ0n) is 13.1. The van der Waals surface area contributed by atoms with Crippen molar-refractivity contribution >= 4 is 29.0 Å². The van der Waals surface area contributed by atoms with E-state index >= 15 is 0 Å². The number of rotatable bonds is 5. The fraction of sp³-hybridized carbons (Fsp3) is 0.200. The minimum atomic E-state index is -0.365. The zero-order valence-corrected chi connectivity index (χ0v) is 14.7. The lowest BCUT2D eigenvalue weighted by atomic mass is 10.3. The van der Waals surface area contributed by atoms with Crippen LogP contribution in [0.4, 0.5) is 0 Å². The van der Waals surface area contributed by atoms with Crippen molar-refractivity contribution in [3.8, 4) is 22.2 Å². The molecule has 3 aromatic rings. The van der Waals surface area contributed by atoms with Gasteiger partial charge in [0.2, 0.25) is 5.91 Å². The van der Waals surface area contributed by atoms with Gasteiger partial charge in [0.15, 0.2) is 10.8 Å². The van der Waals surface area contributed by atoms with E-state index in [1.807, 2.05) is 0 Å². The highest BCUT2D eigenvalue weighted by Gasteiger charge is 2.13. The largest absolute Gasteiger partial charge is 0.355 e. The van der Waals surface area contributed by atoms with Crippen LogP contribution in [0.15, 0.2) is 35.3 Å². The molecule has 0 atom stereocenters. The molecule has 8 nitrogen and oxygen atoms in total. The summed E-state index contributed by atoms with van der Waals surface area (Å²) in [6, 6.07) is 6.22. The lowest BCUT2D eigenvalue weighted by molar-refractivity contribution is -0.121. The number of nitrogens with one attached hydrogen (secondary N) is 1. The van der Waals surface area contributed by atoms with E-state index in [1.165, 1.54) is 6.07 Å². The number of likely N-dealkylation sites (N-methyl/N-ethyl adjacent to an activating group) is 1. The van der Waals surface area contributed by atoms with E-state index in [0.29, 0.717) is 33.8 Å². The summed E-state index contributed by atoms with van der Waals surface area (Å²) in [4.78, 5) is 32.1. The summed E-state index contributed by atoms with van der Waals surface area (Å²) in [6.07, 6.45) is 1.57. The molecular weight excluding hydrogens is 364 g/mol. The van der Waals surface area contributed by atoms with E-state index in [1.54, 1.807) is 31.3 Å². The molecule has 0 aromatic carbocycles. The normalized spacial score (nSPS) is 10.6. The smallest absolute Gasteiger partial charge is 0.267 e. The Morgan fingerprint density at radius 1 is 1.32 bits per heavy atom. The van der Waals surface area contributed by atoms with Crippen molar-refractivity contribution < 1.29 is 4.79 Å². The minimum absolute atomic E-state index is 0.151. The lowest BCUT2D eigenvalue weighted by Gasteiger charge is -2.05. The van der Waals surface area contributed by atoms with E-state index in [2.05, 4.69) is 24.8 Å². The number of pyridine rings is 1. The third-order valence-corrected chi connectivity index (χ3v) is 4.10. The van der Waals surface area contributed by atoms with Crippen LogP contribution in [-0.4, -0.2) is 36.6 Å². The zero-order chi connectivity index (χ0) is 17.8. The van der Waals surface area contributed by atoms with Gasteiger partial charge in [-0.1, -0.05) is 11.6 Å².